The molecule has 0 aliphatic carbocycles. The molecule has 1 saturated heterocycles. The molecular formula is C31H31F3N8OS. The number of amides is 1. The third kappa shape index (κ3) is 5.90. The van der Waals surface area contributed by atoms with Crippen molar-refractivity contribution >= 4 is 61.2 Å². The first-order chi connectivity index (χ1) is 21.1. The molecule has 4 N–H and O–H groups in total. The summed E-state index contributed by atoms with van der Waals surface area (Å²) in [4.78, 5) is 30.4. The van der Waals surface area contributed by atoms with E-state index in [9.17, 15) is 18.0 Å². The number of pyridine rings is 1. The molecule has 1 fully saturated rings. The average molecular weight is 621 g/mol. The molecule has 44 heavy (non-hydrogen) atoms. The number of benzene rings is 2. The normalized spacial score (nSPS) is 14.8. The Morgan fingerprint density at radius 1 is 1.02 bits per heavy atom. The zero-order chi connectivity index (χ0) is 31.0. The van der Waals surface area contributed by atoms with Crippen LogP contribution in [0.5, 0.6) is 0 Å². The first kappa shape index (κ1) is 29.7. The van der Waals surface area contributed by atoms with Crippen molar-refractivity contribution in [1.82, 2.24) is 24.8 Å². The first-order valence-electron chi connectivity index (χ1n) is 14.2. The number of piperazine rings is 1. The molecule has 1 amide bonds. The molecule has 2 aromatic carbocycles. The van der Waals surface area contributed by atoms with Gasteiger partial charge < -0.3 is 21.3 Å². The van der Waals surface area contributed by atoms with Crippen molar-refractivity contribution in [3.8, 4) is 0 Å². The number of anilines is 4. The van der Waals surface area contributed by atoms with Crippen molar-refractivity contribution in [3.63, 3.8) is 0 Å². The van der Waals surface area contributed by atoms with E-state index in [1.54, 1.807) is 29.8 Å². The third-order valence-corrected chi connectivity index (χ3v) is 8.99. The molecule has 1 aliphatic rings. The van der Waals surface area contributed by atoms with Crippen molar-refractivity contribution in [2.75, 3.05) is 49.1 Å². The summed E-state index contributed by atoms with van der Waals surface area (Å²) in [5, 5.41) is 9.09. The monoisotopic (exact) mass is 620 g/mol. The van der Waals surface area contributed by atoms with Gasteiger partial charge in [0.25, 0.3) is 5.91 Å². The number of aryl methyl sites for hydroxylation is 1. The first-order valence-corrected chi connectivity index (χ1v) is 15.1. The molecule has 3 aromatic heterocycles. The number of carbonyl (C=O) groups excluding carboxylic acids is 1. The van der Waals surface area contributed by atoms with Crippen molar-refractivity contribution in [2.24, 2.45) is 0 Å². The second kappa shape index (κ2) is 12.0. The topological polar surface area (TPSA) is 112 Å². The van der Waals surface area contributed by atoms with Crippen molar-refractivity contribution in [2.45, 2.75) is 26.6 Å². The van der Waals surface area contributed by atoms with Gasteiger partial charge in [-0.3, -0.25) is 9.69 Å². The molecule has 6 rings (SSSR count). The number of thiophene rings is 1. The molecule has 0 radical (unpaired) electrons. The zero-order valence-electron chi connectivity index (χ0n) is 24.2. The maximum absolute atomic E-state index is 14.2. The summed E-state index contributed by atoms with van der Waals surface area (Å²) in [5.74, 6) is 0.313. The Kier molecular flexibility index (Phi) is 8.10. The third-order valence-electron chi connectivity index (χ3n) is 8.00. The summed E-state index contributed by atoms with van der Waals surface area (Å²) in [5.41, 5.74) is 7.99. The highest BCUT2D eigenvalue weighted by Gasteiger charge is 2.34. The molecule has 13 heteroatoms. The van der Waals surface area contributed by atoms with E-state index in [2.05, 4.69) is 42.3 Å². The van der Waals surface area contributed by atoms with Gasteiger partial charge in [0.05, 0.1) is 27.0 Å². The number of aromatic nitrogens is 3. The molecule has 5 aromatic rings. The van der Waals surface area contributed by atoms with E-state index in [-0.39, 0.29) is 23.7 Å². The number of nitrogens with one attached hydrogen (secondary N) is 2. The number of nitrogens with two attached hydrogens (primary N) is 1. The van der Waals surface area contributed by atoms with Gasteiger partial charge in [-0.05, 0) is 42.8 Å². The van der Waals surface area contributed by atoms with E-state index in [0.717, 1.165) is 44.4 Å². The number of rotatable bonds is 7. The Hall–Kier alpha value is -4.33. The molecule has 0 saturated carbocycles. The van der Waals surface area contributed by atoms with Gasteiger partial charge in [-0.2, -0.15) is 13.2 Å². The lowest BCUT2D eigenvalue weighted by molar-refractivity contribution is -0.138. The Balaban J connectivity index is 1.28. The summed E-state index contributed by atoms with van der Waals surface area (Å²) >= 11 is 1.29. The fourth-order valence-electron chi connectivity index (χ4n) is 5.54. The Morgan fingerprint density at radius 3 is 2.55 bits per heavy atom. The number of hydrogen-bond acceptors (Lipinski definition) is 9. The minimum Gasteiger partial charge on any atom is -0.382 e. The van der Waals surface area contributed by atoms with Gasteiger partial charge >= 0.3 is 6.18 Å². The van der Waals surface area contributed by atoms with Crippen LogP contribution in [0.25, 0.3) is 21.0 Å². The van der Waals surface area contributed by atoms with Crippen LogP contribution in [0.2, 0.25) is 0 Å². The predicted molar refractivity (Wildman–Crippen MR) is 168 cm³/mol. The smallest absolute Gasteiger partial charge is 0.382 e. The van der Waals surface area contributed by atoms with Crippen LogP contribution in [0.3, 0.4) is 0 Å². The van der Waals surface area contributed by atoms with Crippen LogP contribution in [0.4, 0.5) is 36.2 Å². The Morgan fingerprint density at radius 2 is 1.80 bits per heavy atom. The van der Waals surface area contributed by atoms with Gasteiger partial charge in [0.1, 0.15) is 18.0 Å². The second-order valence-corrected chi connectivity index (χ2v) is 11.6. The van der Waals surface area contributed by atoms with Crippen LogP contribution in [-0.2, 0) is 12.7 Å². The van der Waals surface area contributed by atoms with Crippen LogP contribution in [0.15, 0.2) is 54.3 Å². The van der Waals surface area contributed by atoms with Crippen molar-refractivity contribution < 1.29 is 18.0 Å². The molecule has 4 heterocycles. The largest absolute Gasteiger partial charge is 0.416 e. The van der Waals surface area contributed by atoms with Crippen LogP contribution in [0, 0.1) is 6.92 Å². The van der Waals surface area contributed by atoms with Gasteiger partial charge in [-0.1, -0.05) is 25.1 Å². The number of halogens is 3. The van der Waals surface area contributed by atoms with Crippen molar-refractivity contribution in [1.29, 1.82) is 0 Å². The summed E-state index contributed by atoms with van der Waals surface area (Å²) in [6.07, 6.45) is -1.64. The minimum absolute atomic E-state index is 0.236. The van der Waals surface area contributed by atoms with Crippen LogP contribution < -0.4 is 16.4 Å². The fraction of sp³-hybridized carbons (Fsp3) is 0.290. The van der Waals surface area contributed by atoms with Gasteiger partial charge in [0.15, 0.2) is 0 Å². The Labute approximate surface area is 255 Å². The number of hydrogen-bond donors (Lipinski definition) is 3. The molecule has 1 aliphatic heterocycles. The molecule has 0 bridgehead atoms. The van der Waals surface area contributed by atoms with Gasteiger partial charge in [0.2, 0.25) is 0 Å². The van der Waals surface area contributed by atoms with E-state index in [1.807, 2.05) is 19.1 Å². The lowest BCUT2D eigenvalue weighted by atomic mass is 10.0. The summed E-state index contributed by atoms with van der Waals surface area (Å²) < 4.78 is 43.3. The fourth-order valence-corrected chi connectivity index (χ4v) is 6.44. The van der Waals surface area contributed by atoms with Gasteiger partial charge in [-0.25, -0.2) is 15.0 Å². The highest BCUT2D eigenvalue weighted by molar-refractivity contribution is 7.18. The molecular weight excluding hydrogens is 589 g/mol. The molecule has 0 atom stereocenters. The van der Waals surface area contributed by atoms with Crippen LogP contribution in [-0.4, -0.2) is 63.4 Å². The quantitative estimate of drug-likeness (QED) is 0.195. The lowest BCUT2D eigenvalue weighted by Crippen LogP contribution is -2.45. The van der Waals surface area contributed by atoms with E-state index in [1.165, 1.54) is 17.7 Å². The number of nitrogens with zero attached hydrogens (tertiary/aromatic N) is 5. The number of alkyl halides is 3. The van der Waals surface area contributed by atoms with E-state index >= 15 is 0 Å². The minimum atomic E-state index is -4.51. The van der Waals surface area contributed by atoms with Gasteiger partial charge in [0, 0.05) is 60.8 Å². The standard InChI is InChI=1S/C31H31F3N8OS/c1-3-41-10-12-42(13-11-41)15-19-5-6-20(14-24(19)31(32,33)34)39-29-22-7-4-18(2)25(21(22)8-9-36-29)40-30(43)23-16-44-27-26(23)37-17-38-28(27)35/h4-9,14,16-17H,3,10-13,15H2,1-2H3,(H,36,39)(H,40,43)(H2,35,37,38). The maximum atomic E-state index is 14.2. The molecule has 228 valence electrons. The van der Waals surface area contributed by atoms with Gasteiger partial charge in [-0.15, -0.1) is 11.3 Å². The Bertz CT molecular complexity index is 1850. The number of likely N-dealkylation sites (N-methyl/N-ethyl adjacent to an activating group) is 1. The summed E-state index contributed by atoms with van der Waals surface area (Å²) in [6, 6.07) is 9.76. The van der Waals surface area contributed by atoms with Crippen LogP contribution in [0.1, 0.15) is 34.0 Å². The number of nitrogen functional groups attached to an aromatic ring is 1. The highest BCUT2D eigenvalue weighted by Crippen LogP contribution is 2.37. The SMILES string of the molecule is CCN1CCN(Cc2ccc(Nc3nccc4c(NC(=O)c5csc6c(N)ncnc56)c(C)ccc34)cc2C(F)(F)F)CC1. The number of carbonyl (C=O) groups is 1. The molecule has 0 unspecified atom stereocenters. The zero-order valence-corrected chi connectivity index (χ0v) is 25.0. The highest BCUT2D eigenvalue weighted by atomic mass is 32.1. The number of fused-ring (bicyclic) bond motifs is 2. The van der Waals surface area contributed by atoms with Crippen LogP contribution >= 0.6 is 11.3 Å². The average Bonchev–Trinajstić information content (AvgIpc) is 3.45. The van der Waals surface area contributed by atoms with E-state index in [4.69, 9.17) is 5.73 Å². The lowest BCUT2D eigenvalue weighted by Gasteiger charge is -2.34. The van der Waals surface area contributed by atoms with E-state index < -0.39 is 11.7 Å². The molecule has 0 spiro atoms. The second-order valence-electron chi connectivity index (χ2n) is 10.8. The van der Waals surface area contributed by atoms with Crippen molar-refractivity contribution in [3.05, 3.63) is 76.6 Å². The summed E-state index contributed by atoms with van der Waals surface area (Å²) in [6.45, 7) is 8.28. The van der Waals surface area contributed by atoms with E-state index in [0.29, 0.717) is 43.9 Å². The maximum Gasteiger partial charge on any atom is 0.416 e. The molecule has 9 nitrogen and oxygen atoms in total. The predicted octanol–water partition coefficient (Wildman–Crippen LogP) is 6.28. The summed E-state index contributed by atoms with van der Waals surface area (Å²) in [7, 11) is 0.